The van der Waals surface area contributed by atoms with Crippen molar-refractivity contribution < 1.29 is 4.74 Å². The van der Waals surface area contributed by atoms with Gasteiger partial charge in [-0.1, -0.05) is 24.6 Å². The molecular formula is C15H23ClN2O. The topological polar surface area (TPSA) is 38.5 Å². The van der Waals surface area contributed by atoms with E-state index in [9.17, 15) is 0 Å². The minimum absolute atomic E-state index is 0.128. The van der Waals surface area contributed by atoms with Crippen LogP contribution in [0.5, 0.6) is 5.75 Å². The van der Waals surface area contributed by atoms with Gasteiger partial charge in [-0.15, -0.1) is 0 Å². The van der Waals surface area contributed by atoms with Crippen LogP contribution in [-0.2, 0) is 0 Å². The summed E-state index contributed by atoms with van der Waals surface area (Å²) in [6.45, 7) is 6.16. The van der Waals surface area contributed by atoms with Gasteiger partial charge >= 0.3 is 0 Å². The Kier molecular flexibility index (Phi) is 4.71. The van der Waals surface area contributed by atoms with Gasteiger partial charge in [-0.05, 0) is 31.4 Å². The summed E-state index contributed by atoms with van der Waals surface area (Å²) >= 11 is 6.38. The van der Waals surface area contributed by atoms with Crippen LogP contribution in [-0.4, -0.2) is 31.1 Å². The SMILES string of the molecule is COc1cccc(Cl)c1C(CN)N1CC(C)CC1C. The van der Waals surface area contributed by atoms with Crippen molar-refractivity contribution in [2.45, 2.75) is 32.4 Å². The first kappa shape index (κ1) is 14.6. The minimum Gasteiger partial charge on any atom is -0.496 e. The van der Waals surface area contributed by atoms with Gasteiger partial charge in [0.15, 0.2) is 0 Å². The van der Waals surface area contributed by atoms with E-state index in [0.717, 1.165) is 22.9 Å². The maximum atomic E-state index is 6.38. The lowest BCUT2D eigenvalue weighted by Crippen LogP contribution is -2.36. The Morgan fingerprint density at radius 2 is 2.21 bits per heavy atom. The van der Waals surface area contributed by atoms with E-state index in [1.54, 1.807) is 7.11 Å². The fourth-order valence-electron chi connectivity index (χ4n) is 3.20. The van der Waals surface area contributed by atoms with Crippen molar-refractivity contribution in [2.75, 3.05) is 20.2 Å². The monoisotopic (exact) mass is 282 g/mol. The predicted octanol–water partition coefficient (Wildman–Crippen LogP) is 3.08. The molecule has 1 saturated heterocycles. The zero-order valence-electron chi connectivity index (χ0n) is 11.9. The molecule has 0 radical (unpaired) electrons. The number of likely N-dealkylation sites (tertiary alicyclic amines) is 1. The van der Waals surface area contributed by atoms with Crippen molar-refractivity contribution >= 4 is 11.6 Å². The van der Waals surface area contributed by atoms with Gasteiger partial charge in [0.25, 0.3) is 0 Å². The van der Waals surface area contributed by atoms with Gasteiger partial charge in [-0.25, -0.2) is 0 Å². The van der Waals surface area contributed by atoms with Crippen LogP contribution in [0.15, 0.2) is 18.2 Å². The number of ether oxygens (including phenoxy) is 1. The molecule has 1 aliphatic rings. The molecule has 3 atom stereocenters. The molecule has 2 rings (SSSR count). The van der Waals surface area contributed by atoms with Crippen molar-refractivity contribution in [3.05, 3.63) is 28.8 Å². The van der Waals surface area contributed by atoms with Crippen LogP contribution in [0.2, 0.25) is 5.02 Å². The lowest BCUT2D eigenvalue weighted by Gasteiger charge is -2.32. The normalized spacial score (nSPS) is 25.5. The van der Waals surface area contributed by atoms with Crippen molar-refractivity contribution in [3.63, 3.8) is 0 Å². The smallest absolute Gasteiger partial charge is 0.125 e. The molecule has 3 nitrogen and oxygen atoms in total. The molecule has 0 spiro atoms. The zero-order chi connectivity index (χ0) is 14.0. The number of hydrogen-bond donors (Lipinski definition) is 1. The molecule has 19 heavy (non-hydrogen) atoms. The van der Waals surface area contributed by atoms with E-state index in [2.05, 4.69) is 18.7 Å². The lowest BCUT2D eigenvalue weighted by molar-refractivity contribution is 0.189. The maximum absolute atomic E-state index is 6.38. The van der Waals surface area contributed by atoms with Crippen LogP contribution in [0, 0.1) is 5.92 Å². The van der Waals surface area contributed by atoms with Gasteiger partial charge in [0.2, 0.25) is 0 Å². The summed E-state index contributed by atoms with van der Waals surface area (Å²) in [7, 11) is 1.68. The third-order valence-electron chi connectivity index (χ3n) is 4.02. The number of benzene rings is 1. The summed E-state index contributed by atoms with van der Waals surface area (Å²) in [5.74, 6) is 1.53. The molecule has 106 valence electrons. The van der Waals surface area contributed by atoms with E-state index < -0.39 is 0 Å². The Morgan fingerprint density at radius 3 is 2.74 bits per heavy atom. The molecule has 1 heterocycles. The second-order valence-corrected chi connectivity index (χ2v) is 5.90. The van der Waals surface area contributed by atoms with Gasteiger partial charge in [0.05, 0.1) is 13.2 Å². The first-order valence-electron chi connectivity index (χ1n) is 6.86. The molecule has 0 bridgehead atoms. The van der Waals surface area contributed by atoms with Crippen LogP contribution in [0.25, 0.3) is 0 Å². The fraction of sp³-hybridized carbons (Fsp3) is 0.600. The van der Waals surface area contributed by atoms with E-state index in [0.29, 0.717) is 18.5 Å². The van der Waals surface area contributed by atoms with Gasteiger partial charge in [0, 0.05) is 29.7 Å². The summed E-state index contributed by atoms with van der Waals surface area (Å²) in [6, 6.07) is 6.43. The second-order valence-electron chi connectivity index (χ2n) is 5.49. The maximum Gasteiger partial charge on any atom is 0.125 e. The number of methoxy groups -OCH3 is 1. The third-order valence-corrected chi connectivity index (χ3v) is 4.35. The molecule has 0 aliphatic carbocycles. The first-order chi connectivity index (χ1) is 9.08. The average molecular weight is 283 g/mol. The Bertz CT molecular complexity index is 438. The van der Waals surface area contributed by atoms with Crippen LogP contribution < -0.4 is 10.5 Å². The van der Waals surface area contributed by atoms with E-state index >= 15 is 0 Å². The first-order valence-corrected chi connectivity index (χ1v) is 7.24. The van der Waals surface area contributed by atoms with E-state index in [-0.39, 0.29) is 6.04 Å². The van der Waals surface area contributed by atoms with Gasteiger partial charge < -0.3 is 10.5 Å². The summed E-state index contributed by atoms with van der Waals surface area (Å²) < 4.78 is 5.46. The van der Waals surface area contributed by atoms with Crippen LogP contribution in [0.1, 0.15) is 31.9 Å². The third kappa shape index (κ3) is 2.88. The van der Waals surface area contributed by atoms with Crippen LogP contribution >= 0.6 is 11.6 Å². The van der Waals surface area contributed by atoms with Gasteiger partial charge in [-0.3, -0.25) is 4.90 Å². The Morgan fingerprint density at radius 1 is 1.47 bits per heavy atom. The van der Waals surface area contributed by atoms with E-state index in [1.165, 1.54) is 6.42 Å². The predicted molar refractivity (Wildman–Crippen MR) is 79.7 cm³/mol. The molecule has 1 aromatic carbocycles. The van der Waals surface area contributed by atoms with Crippen LogP contribution in [0.3, 0.4) is 0 Å². The molecular weight excluding hydrogens is 260 g/mol. The van der Waals surface area contributed by atoms with Crippen molar-refractivity contribution in [1.29, 1.82) is 0 Å². The number of nitrogens with zero attached hydrogens (tertiary/aromatic N) is 1. The summed E-state index contributed by atoms with van der Waals surface area (Å²) in [5.41, 5.74) is 7.05. The summed E-state index contributed by atoms with van der Waals surface area (Å²) in [4.78, 5) is 2.45. The van der Waals surface area contributed by atoms with Crippen molar-refractivity contribution in [1.82, 2.24) is 4.90 Å². The van der Waals surface area contributed by atoms with Crippen LogP contribution in [0.4, 0.5) is 0 Å². The molecule has 0 aromatic heterocycles. The highest BCUT2D eigenvalue weighted by atomic mass is 35.5. The molecule has 2 N–H and O–H groups in total. The summed E-state index contributed by atoms with van der Waals surface area (Å²) in [5, 5.41) is 0.738. The zero-order valence-corrected chi connectivity index (χ0v) is 12.7. The van der Waals surface area contributed by atoms with Crippen molar-refractivity contribution in [2.24, 2.45) is 11.7 Å². The molecule has 1 fully saturated rings. The standard InChI is InChI=1S/C15H23ClN2O/c1-10-7-11(2)18(9-10)13(8-17)15-12(16)5-4-6-14(15)19-3/h4-6,10-11,13H,7-9,17H2,1-3H3. The lowest BCUT2D eigenvalue weighted by atomic mass is 10.0. The van der Waals surface area contributed by atoms with E-state index in [1.807, 2.05) is 18.2 Å². The highest BCUT2D eigenvalue weighted by molar-refractivity contribution is 6.31. The Hall–Kier alpha value is -0.770. The highest BCUT2D eigenvalue weighted by Gasteiger charge is 2.34. The summed E-state index contributed by atoms with van der Waals surface area (Å²) in [6.07, 6.45) is 1.21. The molecule has 0 saturated carbocycles. The highest BCUT2D eigenvalue weighted by Crippen LogP contribution is 2.38. The van der Waals surface area contributed by atoms with Gasteiger partial charge in [-0.2, -0.15) is 0 Å². The molecule has 1 aromatic rings. The number of nitrogens with two attached hydrogens (primary N) is 1. The molecule has 4 heteroatoms. The van der Waals surface area contributed by atoms with E-state index in [4.69, 9.17) is 22.1 Å². The number of halogens is 1. The quantitative estimate of drug-likeness (QED) is 0.922. The Labute approximate surface area is 120 Å². The Balaban J connectivity index is 2.37. The van der Waals surface area contributed by atoms with Gasteiger partial charge in [0.1, 0.15) is 5.75 Å². The molecule has 0 amide bonds. The number of rotatable bonds is 4. The second kappa shape index (κ2) is 6.12. The largest absolute Gasteiger partial charge is 0.496 e. The average Bonchev–Trinajstić information content (AvgIpc) is 2.71. The molecule has 1 aliphatic heterocycles. The fourth-order valence-corrected chi connectivity index (χ4v) is 3.50. The number of hydrogen-bond acceptors (Lipinski definition) is 3. The van der Waals surface area contributed by atoms with Crippen molar-refractivity contribution in [3.8, 4) is 5.75 Å². The minimum atomic E-state index is 0.128. The molecule has 3 unspecified atom stereocenters.